The maximum atomic E-state index is 12.5. The van der Waals surface area contributed by atoms with E-state index in [1.807, 2.05) is 6.92 Å². The Hall–Kier alpha value is -2.53. The van der Waals surface area contributed by atoms with Gasteiger partial charge in [0.25, 0.3) is 5.91 Å². The number of carbonyl (C=O) groups excluding carboxylic acids is 3. The molecule has 0 bridgehead atoms. The third kappa shape index (κ3) is 6.50. The van der Waals surface area contributed by atoms with Crippen LogP contribution in [0, 0.1) is 0 Å². The molecule has 2 aromatic rings. The van der Waals surface area contributed by atoms with Gasteiger partial charge < -0.3 is 14.2 Å². The summed E-state index contributed by atoms with van der Waals surface area (Å²) < 4.78 is 32.5. The van der Waals surface area contributed by atoms with E-state index in [4.69, 9.17) is 4.74 Å². The smallest absolute Gasteiger partial charge is 0.338 e. The number of aromatic nitrogens is 1. The Morgan fingerprint density at radius 1 is 1.06 bits per heavy atom. The number of nitrogens with zero attached hydrogens (tertiary/aromatic N) is 3. The second kappa shape index (κ2) is 11.1. The van der Waals surface area contributed by atoms with Gasteiger partial charge in [-0.2, -0.15) is 4.99 Å². The number of fused-ring (bicyclic) bond motifs is 1. The minimum absolute atomic E-state index is 0.264. The molecule has 2 heterocycles. The van der Waals surface area contributed by atoms with Crippen LogP contribution in [0.2, 0.25) is 0 Å². The highest BCUT2D eigenvalue weighted by Crippen LogP contribution is 2.20. The Morgan fingerprint density at radius 2 is 1.76 bits per heavy atom. The van der Waals surface area contributed by atoms with Crippen molar-refractivity contribution in [2.45, 2.75) is 46.1 Å². The predicted molar refractivity (Wildman–Crippen MR) is 126 cm³/mol. The summed E-state index contributed by atoms with van der Waals surface area (Å²) in [5.74, 6) is -3.22. The van der Waals surface area contributed by atoms with E-state index in [1.165, 1.54) is 11.3 Å². The maximum absolute atomic E-state index is 12.5. The molecule has 9 nitrogen and oxygen atoms in total. The van der Waals surface area contributed by atoms with Crippen LogP contribution in [0.4, 0.5) is 0 Å². The molecule has 2 amide bonds. The van der Waals surface area contributed by atoms with E-state index in [9.17, 15) is 22.8 Å². The van der Waals surface area contributed by atoms with Crippen molar-refractivity contribution in [3.8, 4) is 0 Å². The summed E-state index contributed by atoms with van der Waals surface area (Å²) in [4.78, 5) is 42.9. The Labute approximate surface area is 197 Å². The predicted octanol–water partition coefficient (Wildman–Crippen LogP) is 2.14. The lowest BCUT2D eigenvalue weighted by atomic mass is 10.2. The fourth-order valence-electron chi connectivity index (χ4n) is 3.78. The number of carbonyl (C=O) groups is 3. The van der Waals surface area contributed by atoms with E-state index in [0.29, 0.717) is 30.0 Å². The Kier molecular flexibility index (Phi) is 8.41. The summed E-state index contributed by atoms with van der Waals surface area (Å²) >= 11 is 1.19. The number of aryl methyl sites for hydroxylation is 1. The van der Waals surface area contributed by atoms with E-state index >= 15 is 0 Å². The first kappa shape index (κ1) is 25.1. The molecule has 33 heavy (non-hydrogen) atoms. The Bertz CT molecular complexity index is 1200. The van der Waals surface area contributed by atoms with Crippen LogP contribution in [0.5, 0.6) is 0 Å². The van der Waals surface area contributed by atoms with Gasteiger partial charge in [-0.3, -0.25) is 9.59 Å². The highest BCUT2D eigenvalue weighted by Gasteiger charge is 2.25. The van der Waals surface area contributed by atoms with Crippen LogP contribution in [0.3, 0.4) is 0 Å². The quantitative estimate of drug-likeness (QED) is 0.544. The average molecular weight is 496 g/mol. The van der Waals surface area contributed by atoms with Crippen molar-refractivity contribution in [1.82, 2.24) is 9.47 Å². The number of thiazole rings is 1. The number of rotatable bonds is 7. The molecule has 180 valence electrons. The van der Waals surface area contributed by atoms with Gasteiger partial charge in [0.2, 0.25) is 5.91 Å². The molecule has 0 unspecified atom stereocenters. The second-order valence-electron chi connectivity index (χ2n) is 7.86. The van der Waals surface area contributed by atoms with Gasteiger partial charge in [-0.05, 0) is 44.9 Å². The fourth-order valence-corrected chi connectivity index (χ4v) is 6.04. The number of likely N-dealkylation sites (tertiary alicyclic amines) is 1. The standard InChI is InChI=1S/C22H29N3O6S2/c1-3-25-17-10-9-16(21(28)31-4-2)13-18(17)32-22(25)23-19(26)14-33(29,30)15-20(27)24-11-7-5-6-8-12-24/h9-10,13H,3-8,11-12,14-15H2,1-2H3. The van der Waals surface area contributed by atoms with Gasteiger partial charge in [0.05, 0.1) is 22.4 Å². The molecule has 1 aliphatic rings. The molecule has 0 saturated carbocycles. The van der Waals surface area contributed by atoms with Crippen LogP contribution in [0.25, 0.3) is 10.2 Å². The number of sulfone groups is 1. The maximum Gasteiger partial charge on any atom is 0.338 e. The molecule has 1 aromatic carbocycles. The number of benzene rings is 1. The number of esters is 1. The van der Waals surface area contributed by atoms with Crippen molar-refractivity contribution in [3.05, 3.63) is 28.6 Å². The number of amides is 2. The van der Waals surface area contributed by atoms with E-state index in [2.05, 4.69) is 4.99 Å². The fraction of sp³-hybridized carbons (Fsp3) is 0.545. The first-order valence-corrected chi connectivity index (χ1v) is 13.7. The summed E-state index contributed by atoms with van der Waals surface area (Å²) in [6.45, 7) is 5.49. The SMILES string of the molecule is CCOC(=O)c1ccc2c(c1)sc(=NC(=O)CS(=O)(=O)CC(=O)N1CCCCCC1)n2CC. The van der Waals surface area contributed by atoms with Crippen molar-refractivity contribution < 1.29 is 27.5 Å². The molecule has 1 aromatic heterocycles. The summed E-state index contributed by atoms with van der Waals surface area (Å²) in [6, 6.07) is 5.07. The van der Waals surface area contributed by atoms with Crippen LogP contribution in [-0.4, -0.2) is 66.9 Å². The second-order valence-corrected chi connectivity index (χ2v) is 10.9. The van der Waals surface area contributed by atoms with Gasteiger partial charge in [-0.15, -0.1) is 0 Å². The first-order valence-electron chi connectivity index (χ1n) is 11.1. The zero-order valence-electron chi connectivity index (χ0n) is 18.9. The minimum Gasteiger partial charge on any atom is -0.462 e. The number of hydrogen-bond acceptors (Lipinski definition) is 7. The van der Waals surface area contributed by atoms with Gasteiger partial charge in [-0.1, -0.05) is 24.2 Å². The van der Waals surface area contributed by atoms with Crippen LogP contribution in [0.1, 0.15) is 49.9 Å². The molecule has 1 fully saturated rings. The summed E-state index contributed by atoms with van der Waals surface area (Å²) in [6.07, 6.45) is 3.78. The van der Waals surface area contributed by atoms with Crippen molar-refractivity contribution in [2.24, 2.45) is 4.99 Å². The minimum atomic E-state index is -3.94. The summed E-state index contributed by atoms with van der Waals surface area (Å²) in [7, 11) is -3.94. The van der Waals surface area contributed by atoms with Gasteiger partial charge in [0.15, 0.2) is 14.6 Å². The van der Waals surface area contributed by atoms with Crippen molar-refractivity contribution >= 4 is 49.2 Å². The zero-order chi connectivity index (χ0) is 24.0. The van der Waals surface area contributed by atoms with E-state index < -0.39 is 39.1 Å². The van der Waals surface area contributed by atoms with Crippen LogP contribution >= 0.6 is 11.3 Å². The molecule has 0 aliphatic carbocycles. The van der Waals surface area contributed by atoms with E-state index in [1.54, 1.807) is 34.6 Å². The molecule has 1 aliphatic heterocycles. The highest BCUT2D eigenvalue weighted by molar-refractivity contribution is 7.92. The largest absolute Gasteiger partial charge is 0.462 e. The molecule has 1 saturated heterocycles. The Balaban J connectivity index is 1.78. The average Bonchev–Trinajstić information content (AvgIpc) is 2.90. The van der Waals surface area contributed by atoms with Crippen LogP contribution in [0.15, 0.2) is 23.2 Å². The highest BCUT2D eigenvalue weighted by atomic mass is 32.2. The zero-order valence-corrected chi connectivity index (χ0v) is 20.5. The number of ether oxygens (including phenoxy) is 1. The van der Waals surface area contributed by atoms with Crippen LogP contribution < -0.4 is 4.80 Å². The van der Waals surface area contributed by atoms with Gasteiger partial charge in [-0.25, -0.2) is 13.2 Å². The third-order valence-electron chi connectivity index (χ3n) is 5.38. The lowest BCUT2D eigenvalue weighted by Gasteiger charge is -2.19. The van der Waals surface area contributed by atoms with E-state index in [-0.39, 0.29) is 6.61 Å². The molecule has 11 heteroatoms. The molecule has 0 N–H and O–H groups in total. The third-order valence-corrected chi connectivity index (χ3v) is 7.79. The van der Waals surface area contributed by atoms with Gasteiger partial charge in [0.1, 0.15) is 11.5 Å². The molecular weight excluding hydrogens is 466 g/mol. The summed E-state index contributed by atoms with van der Waals surface area (Å²) in [5.41, 5.74) is 1.17. The monoisotopic (exact) mass is 495 g/mol. The van der Waals surface area contributed by atoms with Gasteiger partial charge in [0, 0.05) is 19.6 Å². The van der Waals surface area contributed by atoms with Crippen molar-refractivity contribution in [3.63, 3.8) is 0 Å². The summed E-state index contributed by atoms with van der Waals surface area (Å²) in [5, 5.41) is 0. The Morgan fingerprint density at radius 3 is 2.39 bits per heavy atom. The molecule has 0 atom stereocenters. The van der Waals surface area contributed by atoms with Crippen molar-refractivity contribution in [1.29, 1.82) is 0 Å². The first-order chi connectivity index (χ1) is 15.7. The topological polar surface area (TPSA) is 115 Å². The molecule has 3 rings (SSSR count). The normalized spacial score (nSPS) is 15.5. The van der Waals surface area contributed by atoms with E-state index in [0.717, 1.165) is 35.9 Å². The molecule has 0 radical (unpaired) electrons. The molecule has 0 spiro atoms. The van der Waals surface area contributed by atoms with Gasteiger partial charge >= 0.3 is 5.97 Å². The lowest BCUT2D eigenvalue weighted by Crippen LogP contribution is -2.37. The lowest BCUT2D eigenvalue weighted by molar-refractivity contribution is -0.128. The van der Waals surface area contributed by atoms with Crippen molar-refractivity contribution in [2.75, 3.05) is 31.2 Å². The number of hydrogen-bond donors (Lipinski definition) is 0. The molecular formula is C22H29N3O6S2. The van der Waals surface area contributed by atoms with Crippen LogP contribution in [-0.2, 0) is 30.7 Å².